The summed E-state index contributed by atoms with van der Waals surface area (Å²) in [4.78, 5) is 58.4. The summed E-state index contributed by atoms with van der Waals surface area (Å²) in [5.41, 5.74) is 0.0217. The predicted octanol–water partition coefficient (Wildman–Crippen LogP) is -0.859. The van der Waals surface area contributed by atoms with Crippen molar-refractivity contribution in [1.29, 1.82) is 0 Å². The molecule has 0 bridgehead atoms. The molecular formula is C19H23NO12. The van der Waals surface area contributed by atoms with E-state index in [9.17, 15) is 34.2 Å². The van der Waals surface area contributed by atoms with Gasteiger partial charge in [0.25, 0.3) is 0 Å². The van der Waals surface area contributed by atoms with Crippen LogP contribution in [0.5, 0.6) is 0 Å². The summed E-state index contributed by atoms with van der Waals surface area (Å²) in [5.74, 6) is -5.32. The Morgan fingerprint density at radius 3 is 2.31 bits per heavy atom. The maximum atomic E-state index is 11.8. The lowest BCUT2D eigenvalue weighted by Gasteiger charge is -2.30. The van der Waals surface area contributed by atoms with Gasteiger partial charge in [0.1, 0.15) is 12.7 Å². The number of rotatable bonds is 9. The maximum Gasteiger partial charge on any atom is 0.335 e. The molecule has 2 aliphatic heterocycles. The Morgan fingerprint density at radius 2 is 1.75 bits per heavy atom. The molecular weight excluding hydrogens is 434 g/mol. The zero-order chi connectivity index (χ0) is 24.0. The lowest BCUT2D eigenvalue weighted by atomic mass is 10.1. The lowest BCUT2D eigenvalue weighted by Crippen LogP contribution is -2.45. The van der Waals surface area contributed by atoms with Gasteiger partial charge in [0.2, 0.25) is 0 Å². The first-order chi connectivity index (χ1) is 15.0. The highest BCUT2D eigenvalue weighted by Gasteiger charge is 2.51. The van der Waals surface area contributed by atoms with Crippen molar-refractivity contribution >= 4 is 29.8 Å². The molecule has 0 spiro atoms. The molecule has 0 amide bonds. The highest BCUT2D eigenvalue weighted by Crippen LogP contribution is 2.32. The Kier molecular flexibility index (Phi) is 8.32. The molecule has 0 unspecified atom stereocenters. The van der Waals surface area contributed by atoms with Crippen molar-refractivity contribution in [3.8, 4) is 0 Å². The fraction of sp³-hybridized carbons (Fsp3) is 0.526. The highest BCUT2D eigenvalue weighted by molar-refractivity contribution is 5.87. The van der Waals surface area contributed by atoms with Crippen molar-refractivity contribution in [1.82, 2.24) is 4.90 Å². The number of esters is 3. The molecule has 0 saturated carbocycles. The normalized spacial score (nSPS) is 25.5. The number of aliphatic carboxylic acids is 2. The first kappa shape index (κ1) is 24.8. The van der Waals surface area contributed by atoms with E-state index in [1.807, 2.05) is 0 Å². The van der Waals surface area contributed by atoms with Crippen LogP contribution in [0.15, 0.2) is 24.0 Å². The van der Waals surface area contributed by atoms with Gasteiger partial charge in [-0.05, 0) is 0 Å². The number of aliphatic hydroxyl groups excluding tert-OH is 1. The first-order valence-corrected chi connectivity index (χ1v) is 9.44. The van der Waals surface area contributed by atoms with E-state index >= 15 is 0 Å². The maximum absolute atomic E-state index is 11.8. The Labute approximate surface area is 181 Å². The van der Waals surface area contributed by atoms with Crippen LogP contribution in [0.1, 0.15) is 26.7 Å². The third kappa shape index (κ3) is 6.52. The smallest absolute Gasteiger partial charge is 0.335 e. The molecule has 5 atom stereocenters. The minimum Gasteiger partial charge on any atom is -0.481 e. The van der Waals surface area contributed by atoms with Crippen molar-refractivity contribution in [2.45, 2.75) is 57.3 Å². The monoisotopic (exact) mass is 457 g/mol. The molecule has 0 aromatic carbocycles. The number of nitrogens with zero attached hydrogens (tertiary/aromatic N) is 1. The van der Waals surface area contributed by atoms with Gasteiger partial charge in [-0.3, -0.25) is 14.4 Å². The Bertz CT molecular complexity index is 834. The van der Waals surface area contributed by atoms with E-state index in [4.69, 9.17) is 24.1 Å². The molecule has 2 heterocycles. The van der Waals surface area contributed by atoms with Crippen LogP contribution in [-0.2, 0) is 42.9 Å². The SMILES string of the molecule is CC(=O)O[C@@H]1[C@H](OC(C)=O)[C@@H](COC(=O)[C@@H](O)CC(=O)O)O[C@H]1N1C=CCC(C(=O)O)=C1. The molecule has 3 N–H and O–H groups in total. The Balaban J connectivity index is 2.25. The molecule has 13 heteroatoms. The van der Waals surface area contributed by atoms with Crippen molar-refractivity contribution in [3.63, 3.8) is 0 Å². The molecule has 0 radical (unpaired) electrons. The number of carbonyl (C=O) groups excluding carboxylic acids is 3. The number of carboxylic acids is 2. The molecule has 0 aromatic rings. The summed E-state index contributed by atoms with van der Waals surface area (Å²) in [7, 11) is 0. The minimum atomic E-state index is -1.92. The van der Waals surface area contributed by atoms with E-state index in [0.29, 0.717) is 0 Å². The van der Waals surface area contributed by atoms with Gasteiger partial charge in [0.15, 0.2) is 24.5 Å². The second kappa shape index (κ2) is 10.7. The lowest BCUT2D eigenvalue weighted by molar-refractivity contribution is -0.168. The summed E-state index contributed by atoms with van der Waals surface area (Å²) in [6.07, 6.45) is -3.15. The molecule has 176 valence electrons. The molecule has 1 saturated heterocycles. The third-order valence-electron chi connectivity index (χ3n) is 4.41. The van der Waals surface area contributed by atoms with E-state index < -0.39 is 73.5 Å². The van der Waals surface area contributed by atoms with Crippen LogP contribution in [-0.4, -0.2) is 87.3 Å². The van der Waals surface area contributed by atoms with E-state index in [0.717, 1.165) is 13.8 Å². The minimum absolute atomic E-state index is 0.0217. The van der Waals surface area contributed by atoms with Crippen LogP contribution in [0.4, 0.5) is 0 Å². The highest BCUT2D eigenvalue weighted by atomic mass is 16.7. The molecule has 2 aliphatic rings. The first-order valence-electron chi connectivity index (χ1n) is 9.44. The van der Waals surface area contributed by atoms with Gasteiger partial charge in [-0.2, -0.15) is 0 Å². The molecule has 0 aromatic heterocycles. The predicted molar refractivity (Wildman–Crippen MR) is 100 cm³/mol. The van der Waals surface area contributed by atoms with Gasteiger partial charge in [-0.25, -0.2) is 9.59 Å². The van der Waals surface area contributed by atoms with Gasteiger partial charge in [0.05, 0.1) is 12.0 Å². The van der Waals surface area contributed by atoms with Gasteiger partial charge >= 0.3 is 29.8 Å². The van der Waals surface area contributed by atoms with Gasteiger partial charge in [-0.1, -0.05) is 6.08 Å². The summed E-state index contributed by atoms with van der Waals surface area (Å²) in [6.45, 7) is 1.64. The average molecular weight is 457 g/mol. The number of ether oxygens (including phenoxy) is 4. The molecule has 2 rings (SSSR count). The fourth-order valence-electron chi connectivity index (χ4n) is 3.12. The van der Waals surface area contributed by atoms with Crippen molar-refractivity contribution < 1.29 is 58.2 Å². The second-order valence-electron chi connectivity index (χ2n) is 6.95. The number of allylic oxidation sites excluding steroid dienone is 1. The molecule has 32 heavy (non-hydrogen) atoms. The van der Waals surface area contributed by atoms with Gasteiger partial charge in [-0.15, -0.1) is 0 Å². The van der Waals surface area contributed by atoms with Crippen molar-refractivity contribution in [2.75, 3.05) is 6.61 Å². The van der Waals surface area contributed by atoms with Gasteiger partial charge < -0.3 is 39.2 Å². The van der Waals surface area contributed by atoms with Crippen LogP contribution in [0.3, 0.4) is 0 Å². The van der Waals surface area contributed by atoms with Crippen LogP contribution >= 0.6 is 0 Å². The van der Waals surface area contributed by atoms with Crippen LogP contribution in [0.25, 0.3) is 0 Å². The summed E-state index contributed by atoms with van der Waals surface area (Å²) < 4.78 is 21.1. The fourth-order valence-corrected chi connectivity index (χ4v) is 3.12. The van der Waals surface area contributed by atoms with Gasteiger partial charge in [0, 0.05) is 32.7 Å². The van der Waals surface area contributed by atoms with E-state index in [-0.39, 0.29) is 12.0 Å². The molecule has 0 aliphatic carbocycles. The summed E-state index contributed by atoms with van der Waals surface area (Å²) in [6, 6.07) is 0. The van der Waals surface area contributed by atoms with E-state index in [2.05, 4.69) is 0 Å². The van der Waals surface area contributed by atoms with Crippen LogP contribution in [0.2, 0.25) is 0 Å². The Morgan fingerprint density at radius 1 is 1.12 bits per heavy atom. The average Bonchev–Trinajstić information content (AvgIpc) is 3.01. The number of aliphatic hydroxyl groups is 1. The quantitative estimate of drug-likeness (QED) is 0.287. The zero-order valence-electron chi connectivity index (χ0n) is 17.2. The topological polar surface area (TPSA) is 186 Å². The number of carbonyl (C=O) groups is 5. The third-order valence-corrected chi connectivity index (χ3v) is 4.41. The second-order valence-corrected chi connectivity index (χ2v) is 6.95. The molecule has 1 fully saturated rings. The summed E-state index contributed by atoms with van der Waals surface area (Å²) >= 11 is 0. The van der Waals surface area contributed by atoms with E-state index in [1.54, 1.807) is 0 Å². The number of hydrogen-bond acceptors (Lipinski definition) is 11. The van der Waals surface area contributed by atoms with Crippen LogP contribution in [0, 0.1) is 0 Å². The zero-order valence-corrected chi connectivity index (χ0v) is 17.2. The van der Waals surface area contributed by atoms with Crippen LogP contribution < -0.4 is 0 Å². The van der Waals surface area contributed by atoms with E-state index in [1.165, 1.54) is 23.4 Å². The Hall–Kier alpha value is -3.45. The van der Waals surface area contributed by atoms with Crippen molar-refractivity contribution in [3.05, 3.63) is 24.0 Å². The molecule has 13 nitrogen and oxygen atoms in total. The largest absolute Gasteiger partial charge is 0.481 e. The number of hydrogen-bond donors (Lipinski definition) is 3. The van der Waals surface area contributed by atoms with Crippen molar-refractivity contribution in [2.24, 2.45) is 0 Å². The standard InChI is InChI=1S/C19H23NO12/c1-9(21)30-15-13(8-29-19(28)12(23)6-14(24)25)32-17(16(15)31-10(2)22)20-5-3-4-11(7-20)18(26)27/h3,5,7,12-13,15-17,23H,4,6,8H2,1-2H3,(H,24,25)(H,26,27)/t12-,13+,15+,16+,17+/m0/s1. The summed E-state index contributed by atoms with van der Waals surface area (Å²) in [5, 5.41) is 27.4. The number of carboxylic acid groups (broad SMARTS) is 2.